The van der Waals surface area contributed by atoms with E-state index in [0.717, 1.165) is 39.1 Å². The average Bonchev–Trinajstić information content (AvgIpc) is 2.07. The molecule has 1 aliphatic heterocycles. The summed E-state index contributed by atoms with van der Waals surface area (Å²) < 4.78 is 5.23. The van der Waals surface area contributed by atoms with Gasteiger partial charge in [0.2, 0.25) is 0 Å². The molecule has 0 unspecified atom stereocenters. The number of hydrogen-bond donors (Lipinski definition) is 3. The van der Waals surface area contributed by atoms with Gasteiger partial charge in [-0.25, -0.2) is 0 Å². The van der Waals surface area contributed by atoms with E-state index in [-0.39, 0.29) is 0 Å². The third-order valence-electron chi connectivity index (χ3n) is 1.92. The maximum atomic E-state index is 5.23. The van der Waals surface area contributed by atoms with Crippen LogP contribution in [0.4, 0.5) is 0 Å². The Morgan fingerprint density at radius 2 is 2.00 bits per heavy atom. The molecule has 0 saturated carbocycles. The first-order chi connectivity index (χ1) is 5.43. The lowest BCUT2D eigenvalue weighted by Crippen LogP contribution is -2.40. The molecule has 0 bridgehead atoms. The van der Waals surface area contributed by atoms with Gasteiger partial charge in [-0.2, -0.15) is 0 Å². The first-order valence-corrected chi connectivity index (χ1v) is 4.18. The van der Waals surface area contributed by atoms with Crippen LogP contribution in [-0.2, 0) is 4.74 Å². The summed E-state index contributed by atoms with van der Waals surface area (Å²) in [5, 5.41) is 3.40. The van der Waals surface area contributed by atoms with Crippen LogP contribution < -0.4 is 16.6 Å². The van der Waals surface area contributed by atoms with Gasteiger partial charge in [-0.15, -0.1) is 0 Å². The van der Waals surface area contributed by atoms with Crippen LogP contribution in [0.1, 0.15) is 12.8 Å². The number of ether oxygens (including phenoxy) is 1. The van der Waals surface area contributed by atoms with Crippen molar-refractivity contribution in [1.82, 2.24) is 10.7 Å². The molecule has 0 atom stereocenters. The minimum Gasteiger partial charge on any atom is -0.381 e. The second-order valence-corrected chi connectivity index (χ2v) is 2.79. The molecule has 4 heteroatoms. The Labute approximate surface area is 67.4 Å². The average molecular weight is 159 g/mol. The summed E-state index contributed by atoms with van der Waals surface area (Å²) >= 11 is 0. The molecule has 1 heterocycles. The van der Waals surface area contributed by atoms with Crippen molar-refractivity contribution in [2.45, 2.75) is 18.9 Å². The summed E-state index contributed by atoms with van der Waals surface area (Å²) in [5.41, 5.74) is 2.61. The summed E-state index contributed by atoms with van der Waals surface area (Å²) in [6, 6.07) is 0.636. The number of hydrogen-bond acceptors (Lipinski definition) is 4. The standard InChI is InChI=1S/C7H17N3O/c8-10-4-3-9-7-1-5-11-6-2-7/h7,9-10H,1-6,8H2. The van der Waals surface area contributed by atoms with Crippen LogP contribution in [0.2, 0.25) is 0 Å². The van der Waals surface area contributed by atoms with Crippen LogP contribution in [0, 0.1) is 0 Å². The van der Waals surface area contributed by atoms with Crippen LogP contribution >= 0.6 is 0 Å². The number of nitrogens with one attached hydrogen (secondary N) is 2. The van der Waals surface area contributed by atoms with Crippen LogP contribution in [0.5, 0.6) is 0 Å². The summed E-state index contributed by atoms with van der Waals surface area (Å²) in [6.45, 7) is 3.57. The van der Waals surface area contributed by atoms with Crippen molar-refractivity contribution in [2.75, 3.05) is 26.3 Å². The number of hydrazine groups is 1. The van der Waals surface area contributed by atoms with Gasteiger partial charge in [-0.3, -0.25) is 11.3 Å². The van der Waals surface area contributed by atoms with Gasteiger partial charge in [0.15, 0.2) is 0 Å². The fourth-order valence-electron chi connectivity index (χ4n) is 1.25. The van der Waals surface area contributed by atoms with Gasteiger partial charge >= 0.3 is 0 Å². The van der Waals surface area contributed by atoms with Gasteiger partial charge < -0.3 is 10.1 Å². The van der Waals surface area contributed by atoms with E-state index in [1.165, 1.54) is 0 Å². The number of rotatable bonds is 4. The Bertz CT molecular complexity index is 93.7. The van der Waals surface area contributed by atoms with Gasteiger partial charge in [-0.05, 0) is 12.8 Å². The molecule has 1 aliphatic rings. The van der Waals surface area contributed by atoms with Gasteiger partial charge in [-0.1, -0.05) is 0 Å². The van der Waals surface area contributed by atoms with E-state index in [1.54, 1.807) is 0 Å². The summed E-state index contributed by atoms with van der Waals surface area (Å²) in [5.74, 6) is 5.13. The van der Waals surface area contributed by atoms with Crippen LogP contribution in [0.3, 0.4) is 0 Å². The Morgan fingerprint density at radius 3 is 2.64 bits per heavy atom. The predicted molar refractivity (Wildman–Crippen MR) is 44.0 cm³/mol. The largest absolute Gasteiger partial charge is 0.381 e. The smallest absolute Gasteiger partial charge is 0.0480 e. The second-order valence-electron chi connectivity index (χ2n) is 2.79. The molecular formula is C7H17N3O. The SMILES string of the molecule is NNCCNC1CCOCC1. The Morgan fingerprint density at radius 1 is 1.27 bits per heavy atom. The Balaban J connectivity index is 1.96. The predicted octanol–water partition coefficient (Wildman–Crippen LogP) is -0.782. The zero-order chi connectivity index (χ0) is 7.94. The Kier molecular flexibility index (Phi) is 4.45. The highest BCUT2D eigenvalue weighted by Crippen LogP contribution is 2.04. The van der Waals surface area contributed by atoms with Crippen LogP contribution in [0.25, 0.3) is 0 Å². The highest BCUT2D eigenvalue weighted by Gasteiger charge is 2.11. The minimum atomic E-state index is 0.636. The molecule has 4 nitrogen and oxygen atoms in total. The first-order valence-electron chi connectivity index (χ1n) is 4.18. The molecule has 0 aromatic carbocycles. The molecule has 0 radical (unpaired) electrons. The molecule has 0 aromatic heterocycles. The molecular weight excluding hydrogens is 142 g/mol. The van der Waals surface area contributed by atoms with E-state index < -0.39 is 0 Å². The van der Waals surface area contributed by atoms with E-state index in [0.29, 0.717) is 6.04 Å². The highest BCUT2D eigenvalue weighted by atomic mass is 16.5. The Hall–Kier alpha value is -0.160. The normalized spacial score (nSPS) is 20.5. The van der Waals surface area contributed by atoms with E-state index >= 15 is 0 Å². The summed E-state index contributed by atoms with van der Waals surface area (Å²) in [7, 11) is 0. The monoisotopic (exact) mass is 159 g/mol. The quantitative estimate of drug-likeness (QED) is 0.286. The lowest BCUT2D eigenvalue weighted by atomic mass is 10.1. The summed E-state index contributed by atoms with van der Waals surface area (Å²) in [4.78, 5) is 0. The maximum Gasteiger partial charge on any atom is 0.0480 e. The van der Waals surface area contributed by atoms with Crippen molar-refractivity contribution in [1.29, 1.82) is 0 Å². The molecule has 1 saturated heterocycles. The molecule has 0 spiro atoms. The van der Waals surface area contributed by atoms with Crippen LogP contribution in [-0.4, -0.2) is 32.3 Å². The molecule has 11 heavy (non-hydrogen) atoms. The molecule has 0 aromatic rings. The van der Waals surface area contributed by atoms with Gasteiger partial charge in [0, 0.05) is 32.3 Å². The lowest BCUT2D eigenvalue weighted by molar-refractivity contribution is 0.0782. The molecule has 1 rings (SSSR count). The fourth-order valence-corrected chi connectivity index (χ4v) is 1.25. The second kappa shape index (κ2) is 5.49. The molecule has 66 valence electrons. The van der Waals surface area contributed by atoms with Gasteiger partial charge in [0.05, 0.1) is 0 Å². The maximum absolute atomic E-state index is 5.23. The third kappa shape index (κ3) is 3.67. The van der Waals surface area contributed by atoms with Crippen molar-refractivity contribution in [3.8, 4) is 0 Å². The molecule has 1 fully saturated rings. The van der Waals surface area contributed by atoms with E-state index in [9.17, 15) is 0 Å². The van der Waals surface area contributed by atoms with Gasteiger partial charge in [0.1, 0.15) is 0 Å². The topological polar surface area (TPSA) is 59.3 Å². The van der Waals surface area contributed by atoms with E-state index in [2.05, 4.69) is 10.7 Å². The van der Waals surface area contributed by atoms with Crippen molar-refractivity contribution in [2.24, 2.45) is 5.84 Å². The lowest BCUT2D eigenvalue weighted by Gasteiger charge is -2.22. The van der Waals surface area contributed by atoms with Crippen molar-refractivity contribution < 1.29 is 4.74 Å². The zero-order valence-corrected chi connectivity index (χ0v) is 6.81. The van der Waals surface area contributed by atoms with E-state index in [1.807, 2.05) is 0 Å². The van der Waals surface area contributed by atoms with Gasteiger partial charge in [0.25, 0.3) is 0 Å². The highest BCUT2D eigenvalue weighted by molar-refractivity contribution is 4.69. The first kappa shape index (κ1) is 8.93. The van der Waals surface area contributed by atoms with Crippen LogP contribution in [0.15, 0.2) is 0 Å². The minimum absolute atomic E-state index is 0.636. The zero-order valence-electron chi connectivity index (χ0n) is 6.81. The molecule has 0 amide bonds. The third-order valence-corrected chi connectivity index (χ3v) is 1.92. The molecule has 4 N–H and O–H groups in total. The summed E-state index contributed by atoms with van der Waals surface area (Å²) in [6.07, 6.45) is 2.26. The van der Waals surface area contributed by atoms with Crippen molar-refractivity contribution in [3.05, 3.63) is 0 Å². The van der Waals surface area contributed by atoms with E-state index in [4.69, 9.17) is 10.6 Å². The van der Waals surface area contributed by atoms with Crippen molar-refractivity contribution >= 4 is 0 Å². The number of nitrogens with two attached hydrogens (primary N) is 1. The molecule has 0 aliphatic carbocycles. The fraction of sp³-hybridized carbons (Fsp3) is 1.00. The van der Waals surface area contributed by atoms with Crippen molar-refractivity contribution in [3.63, 3.8) is 0 Å².